The standard InChI is InChI=1S/C24H21N3O5/c1-13-21(14(2)32-26-13)17-9-18-16(10-20(17)30-3)22-23(19(12-28)25-18)31-24(29)27(22)11-15-7-5-4-6-8-15/h4-10,28H,11-12H2,1-3H3. The topological polar surface area (TPSA) is 104 Å². The van der Waals surface area contributed by atoms with Crippen LogP contribution in [0.4, 0.5) is 0 Å². The first-order chi connectivity index (χ1) is 15.5. The van der Waals surface area contributed by atoms with Gasteiger partial charge in [0.15, 0.2) is 5.58 Å². The normalized spacial score (nSPS) is 11.5. The fraction of sp³-hybridized carbons (Fsp3) is 0.208. The zero-order chi connectivity index (χ0) is 22.4. The van der Waals surface area contributed by atoms with Gasteiger partial charge in [0.25, 0.3) is 0 Å². The number of aliphatic hydroxyl groups excluding tert-OH is 1. The monoisotopic (exact) mass is 431 g/mol. The number of hydrogen-bond acceptors (Lipinski definition) is 7. The lowest BCUT2D eigenvalue weighted by Crippen LogP contribution is -2.15. The first-order valence-corrected chi connectivity index (χ1v) is 10.1. The Morgan fingerprint density at radius 1 is 1.16 bits per heavy atom. The van der Waals surface area contributed by atoms with Crippen LogP contribution in [0.3, 0.4) is 0 Å². The average molecular weight is 431 g/mol. The van der Waals surface area contributed by atoms with E-state index in [4.69, 9.17) is 13.7 Å². The lowest BCUT2D eigenvalue weighted by Gasteiger charge is -2.12. The molecule has 0 bridgehead atoms. The molecule has 32 heavy (non-hydrogen) atoms. The first-order valence-electron chi connectivity index (χ1n) is 10.1. The Bertz CT molecular complexity index is 1490. The summed E-state index contributed by atoms with van der Waals surface area (Å²) in [6, 6.07) is 13.3. The van der Waals surface area contributed by atoms with Gasteiger partial charge in [0.2, 0.25) is 0 Å². The van der Waals surface area contributed by atoms with Crippen LogP contribution in [-0.2, 0) is 13.2 Å². The van der Waals surface area contributed by atoms with E-state index >= 15 is 0 Å². The molecule has 3 aromatic heterocycles. The molecule has 2 aromatic carbocycles. The van der Waals surface area contributed by atoms with Gasteiger partial charge in [-0.15, -0.1) is 0 Å². The van der Waals surface area contributed by atoms with E-state index in [9.17, 15) is 9.90 Å². The molecule has 0 aliphatic heterocycles. The summed E-state index contributed by atoms with van der Waals surface area (Å²) < 4.78 is 18.1. The van der Waals surface area contributed by atoms with Crippen molar-refractivity contribution in [2.24, 2.45) is 0 Å². The number of rotatable bonds is 5. The molecule has 5 aromatic rings. The van der Waals surface area contributed by atoms with Crippen LogP contribution < -0.4 is 10.5 Å². The number of benzene rings is 2. The maximum atomic E-state index is 12.8. The minimum atomic E-state index is -0.512. The van der Waals surface area contributed by atoms with E-state index in [1.807, 2.05) is 56.3 Å². The van der Waals surface area contributed by atoms with E-state index < -0.39 is 5.76 Å². The highest BCUT2D eigenvalue weighted by Crippen LogP contribution is 2.39. The second-order valence-electron chi connectivity index (χ2n) is 7.60. The fourth-order valence-corrected chi connectivity index (χ4v) is 4.16. The third-order valence-corrected chi connectivity index (χ3v) is 5.62. The minimum Gasteiger partial charge on any atom is -0.496 e. The van der Waals surface area contributed by atoms with Gasteiger partial charge in [-0.1, -0.05) is 35.5 Å². The molecule has 0 spiro atoms. The Labute approximate surface area is 182 Å². The molecule has 0 saturated heterocycles. The lowest BCUT2D eigenvalue weighted by atomic mass is 10.00. The van der Waals surface area contributed by atoms with Gasteiger partial charge in [-0.2, -0.15) is 0 Å². The molecular weight excluding hydrogens is 410 g/mol. The number of oxazole rings is 1. The molecule has 0 unspecified atom stereocenters. The van der Waals surface area contributed by atoms with Crippen LogP contribution in [-0.4, -0.2) is 26.9 Å². The second kappa shape index (κ2) is 7.65. The number of nitrogens with zero attached hydrogens (tertiary/aromatic N) is 3. The molecule has 5 rings (SSSR count). The Morgan fingerprint density at radius 2 is 1.94 bits per heavy atom. The van der Waals surface area contributed by atoms with Crippen LogP contribution in [0.25, 0.3) is 33.1 Å². The zero-order valence-electron chi connectivity index (χ0n) is 17.9. The van der Waals surface area contributed by atoms with Crippen LogP contribution in [0.15, 0.2) is 56.2 Å². The van der Waals surface area contributed by atoms with Crippen molar-refractivity contribution in [3.05, 3.63) is 75.7 Å². The van der Waals surface area contributed by atoms with Crippen molar-refractivity contribution < 1.29 is 18.8 Å². The van der Waals surface area contributed by atoms with Gasteiger partial charge in [0, 0.05) is 10.9 Å². The van der Waals surface area contributed by atoms with Gasteiger partial charge in [-0.05, 0) is 31.5 Å². The molecule has 0 saturated carbocycles. The lowest BCUT2D eigenvalue weighted by molar-refractivity contribution is 0.277. The fourth-order valence-electron chi connectivity index (χ4n) is 4.16. The van der Waals surface area contributed by atoms with Crippen molar-refractivity contribution in [3.63, 3.8) is 0 Å². The van der Waals surface area contributed by atoms with Crippen LogP contribution >= 0.6 is 0 Å². The van der Waals surface area contributed by atoms with E-state index in [2.05, 4.69) is 10.1 Å². The summed E-state index contributed by atoms with van der Waals surface area (Å²) >= 11 is 0. The molecule has 0 fully saturated rings. The van der Waals surface area contributed by atoms with Crippen molar-refractivity contribution in [1.29, 1.82) is 0 Å². The van der Waals surface area contributed by atoms with Crippen molar-refractivity contribution in [3.8, 4) is 16.9 Å². The maximum absolute atomic E-state index is 12.8. The predicted octanol–water partition coefficient (Wildman–Crippen LogP) is 3.96. The van der Waals surface area contributed by atoms with Crippen LogP contribution in [0.1, 0.15) is 22.7 Å². The second-order valence-corrected chi connectivity index (χ2v) is 7.60. The van der Waals surface area contributed by atoms with Gasteiger partial charge < -0.3 is 18.8 Å². The third-order valence-electron chi connectivity index (χ3n) is 5.62. The number of ether oxygens (including phenoxy) is 1. The molecule has 162 valence electrons. The molecule has 0 radical (unpaired) electrons. The summed E-state index contributed by atoms with van der Waals surface area (Å²) in [4.78, 5) is 17.4. The number of aryl methyl sites for hydroxylation is 2. The molecule has 1 N–H and O–H groups in total. The Kier molecular flexibility index (Phi) is 4.79. The van der Waals surface area contributed by atoms with Crippen LogP contribution in [0, 0.1) is 13.8 Å². The third kappa shape index (κ3) is 3.07. The summed E-state index contributed by atoms with van der Waals surface area (Å²) in [6.45, 7) is 3.66. The first kappa shape index (κ1) is 20.0. The van der Waals surface area contributed by atoms with Crippen molar-refractivity contribution in [2.45, 2.75) is 27.0 Å². The SMILES string of the molecule is COc1cc2c(cc1-c1c(C)noc1C)nc(CO)c1oc(=O)n(Cc3ccccc3)c12. The number of hydrogen-bond donors (Lipinski definition) is 1. The molecule has 0 amide bonds. The highest BCUT2D eigenvalue weighted by molar-refractivity contribution is 6.05. The van der Waals surface area contributed by atoms with E-state index in [1.165, 1.54) is 0 Å². The summed E-state index contributed by atoms with van der Waals surface area (Å²) in [5.74, 6) is 0.737. The van der Waals surface area contributed by atoms with Crippen molar-refractivity contribution in [2.75, 3.05) is 7.11 Å². The van der Waals surface area contributed by atoms with Crippen LogP contribution in [0.5, 0.6) is 5.75 Å². The highest BCUT2D eigenvalue weighted by Gasteiger charge is 2.22. The van der Waals surface area contributed by atoms with Crippen molar-refractivity contribution in [1.82, 2.24) is 14.7 Å². The molecule has 8 heteroatoms. The van der Waals surface area contributed by atoms with E-state index in [1.54, 1.807) is 11.7 Å². The van der Waals surface area contributed by atoms with Gasteiger partial charge >= 0.3 is 5.76 Å². The Hall–Kier alpha value is -3.91. The summed E-state index contributed by atoms with van der Waals surface area (Å²) in [6.07, 6.45) is 0. The molecule has 3 heterocycles. The van der Waals surface area contributed by atoms with Gasteiger partial charge in [0.05, 0.1) is 37.0 Å². The quantitative estimate of drug-likeness (QED) is 0.449. The molecule has 8 nitrogen and oxygen atoms in total. The predicted molar refractivity (Wildman–Crippen MR) is 119 cm³/mol. The highest BCUT2D eigenvalue weighted by atomic mass is 16.5. The summed E-state index contributed by atoms with van der Waals surface area (Å²) in [5, 5.41) is 14.7. The van der Waals surface area contributed by atoms with Gasteiger partial charge in [-0.3, -0.25) is 4.57 Å². The van der Waals surface area contributed by atoms with E-state index in [0.29, 0.717) is 40.2 Å². The zero-order valence-corrected chi connectivity index (χ0v) is 17.9. The minimum absolute atomic E-state index is 0.271. The van der Waals surface area contributed by atoms with Crippen LogP contribution in [0.2, 0.25) is 0 Å². The maximum Gasteiger partial charge on any atom is 0.420 e. The number of methoxy groups -OCH3 is 1. The molecule has 0 aliphatic carbocycles. The Balaban J connectivity index is 1.85. The van der Waals surface area contributed by atoms with Gasteiger partial charge in [0.1, 0.15) is 22.7 Å². The number of pyridine rings is 1. The molecular formula is C24H21N3O5. The van der Waals surface area contributed by atoms with Crippen molar-refractivity contribution >= 4 is 22.0 Å². The molecule has 0 aliphatic rings. The van der Waals surface area contributed by atoms with E-state index in [0.717, 1.165) is 22.4 Å². The molecule has 0 atom stereocenters. The number of aliphatic hydroxyl groups is 1. The largest absolute Gasteiger partial charge is 0.496 e. The summed E-state index contributed by atoms with van der Waals surface area (Å²) in [5.41, 5.74) is 5.01. The number of aromatic nitrogens is 3. The number of fused-ring (bicyclic) bond motifs is 3. The smallest absolute Gasteiger partial charge is 0.420 e. The Morgan fingerprint density at radius 3 is 2.59 bits per heavy atom. The average Bonchev–Trinajstić information content (AvgIpc) is 3.31. The van der Waals surface area contributed by atoms with E-state index in [-0.39, 0.29) is 12.2 Å². The van der Waals surface area contributed by atoms with Gasteiger partial charge in [-0.25, -0.2) is 9.78 Å². The summed E-state index contributed by atoms with van der Waals surface area (Å²) in [7, 11) is 1.59.